The Bertz CT molecular complexity index is 1010. The number of primary amides is 1. The van der Waals surface area contributed by atoms with Gasteiger partial charge in [0.05, 0.1) is 33.1 Å². The first-order chi connectivity index (χ1) is 11.5. The van der Waals surface area contributed by atoms with E-state index in [2.05, 4.69) is 16.0 Å². The number of benzene rings is 1. The summed E-state index contributed by atoms with van der Waals surface area (Å²) in [6, 6.07) is 12.8. The van der Waals surface area contributed by atoms with Crippen molar-refractivity contribution in [3.8, 4) is 12.1 Å². The maximum absolute atomic E-state index is 11.3. The highest BCUT2D eigenvalue weighted by Crippen LogP contribution is 2.32. The molecule has 3 aromatic rings. The van der Waals surface area contributed by atoms with Crippen LogP contribution in [0.3, 0.4) is 0 Å². The van der Waals surface area contributed by atoms with Gasteiger partial charge in [-0.1, -0.05) is 12.1 Å². The summed E-state index contributed by atoms with van der Waals surface area (Å²) in [4.78, 5) is 19.9. The molecule has 0 saturated carbocycles. The lowest BCUT2D eigenvalue weighted by Crippen LogP contribution is -2.17. The molecule has 7 nitrogen and oxygen atoms in total. The summed E-state index contributed by atoms with van der Waals surface area (Å²) in [6.45, 7) is 0. The van der Waals surface area contributed by atoms with Crippen LogP contribution in [0.15, 0.2) is 30.3 Å². The van der Waals surface area contributed by atoms with Crippen molar-refractivity contribution in [1.82, 2.24) is 9.97 Å². The highest BCUT2D eigenvalue weighted by Gasteiger charge is 2.25. The van der Waals surface area contributed by atoms with Gasteiger partial charge in [-0.05, 0) is 18.2 Å². The van der Waals surface area contributed by atoms with E-state index >= 15 is 0 Å². The van der Waals surface area contributed by atoms with Crippen LogP contribution in [-0.4, -0.2) is 15.9 Å². The molecule has 1 atom stereocenters. The quantitative estimate of drug-likeness (QED) is 0.748. The van der Waals surface area contributed by atoms with Gasteiger partial charge in [-0.25, -0.2) is 9.97 Å². The van der Waals surface area contributed by atoms with Crippen molar-refractivity contribution in [2.24, 2.45) is 5.73 Å². The summed E-state index contributed by atoms with van der Waals surface area (Å²) >= 11 is 1.34. The highest BCUT2D eigenvalue weighted by atomic mass is 32.1. The third-order valence-electron chi connectivity index (χ3n) is 3.43. The van der Waals surface area contributed by atoms with Crippen molar-refractivity contribution in [1.29, 1.82) is 10.5 Å². The molecule has 0 aliphatic heterocycles. The molecule has 0 spiro atoms. The number of rotatable bonds is 3. The van der Waals surface area contributed by atoms with Crippen LogP contribution in [-0.2, 0) is 0 Å². The molecule has 1 amide bonds. The van der Waals surface area contributed by atoms with E-state index in [9.17, 15) is 15.3 Å². The van der Waals surface area contributed by atoms with Crippen LogP contribution < -0.4 is 11.5 Å². The zero-order valence-corrected chi connectivity index (χ0v) is 13.0. The molecule has 1 unspecified atom stereocenters. The number of thiazole rings is 1. The standard InChI is InChI=1S/C16H10N6OS/c17-6-8-5-9(15(20)23)14(19)22-13(8)10(7-18)16-21-11-3-1-2-4-12(11)24-16/h1-5,10H,(H2,19,22)(H2,20,23). The van der Waals surface area contributed by atoms with Gasteiger partial charge in [0.15, 0.2) is 0 Å². The van der Waals surface area contributed by atoms with Gasteiger partial charge in [-0.2, -0.15) is 10.5 Å². The first-order valence-electron chi connectivity index (χ1n) is 6.80. The summed E-state index contributed by atoms with van der Waals surface area (Å²) in [6.07, 6.45) is 0. The third-order valence-corrected chi connectivity index (χ3v) is 4.53. The van der Waals surface area contributed by atoms with Crippen LogP contribution >= 0.6 is 11.3 Å². The fraction of sp³-hybridized carbons (Fsp3) is 0.0625. The number of para-hydroxylation sites is 1. The minimum atomic E-state index is -0.860. The summed E-state index contributed by atoms with van der Waals surface area (Å²) in [5, 5.41) is 19.4. The zero-order valence-electron chi connectivity index (χ0n) is 12.2. The Morgan fingerprint density at radius 3 is 2.62 bits per heavy atom. The third kappa shape index (κ3) is 2.51. The Balaban J connectivity index is 2.18. The molecule has 0 bridgehead atoms. The van der Waals surface area contributed by atoms with Crippen LogP contribution in [0.2, 0.25) is 0 Å². The van der Waals surface area contributed by atoms with Gasteiger partial charge >= 0.3 is 0 Å². The number of anilines is 1. The maximum Gasteiger partial charge on any atom is 0.252 e. The Morgan fingerprint density at radius 1 is 1.25 bits per heavy atom. The van der Waals surface area contributed by atoms with Crippen molar-refractivity contribution in [3.63, 3.8) is 0 Å². The average molecular weight is 334 g/mol. The van der Waals surface area contributed by atoms with E-state index in [1.165, 1.54) is 17.4 Å². The van der Waals surface area contributed by atoms with Gasteiger partial charge in [-0.15, -0.1) is 11.3 Å². The van der Waals surface area contributed by atoms with Crippen molar-refractivity contribution in [2.75, 3.05) is 5.73 Å². The van der Waals surface area contributed by atoms with Gasteiger partial charge in [0, 0.05) is 0 Å². The molecule has 0 fully saturated rings. The van der Waals surface area contributed by atoms with Crippen LogP contribution in [0.4, 0.5) is 5.82 Å². The van der Waals surface area contributed by atoms with E-state index in [1.54, 1.807) is 0 Å². The van der Waals surface area contributed by atoms with Crippen LogP contribution in [0.1, 0.15) is 32.5 Å². The SMILES string of the molecule is N#Cc1cc(C(N)=O)c(N)nc1C(C#N)c1nc2ccccc2s1. The fourth-order valence-corrected chi connectivity index (χ4v) is 3.31. The molecule has 0 radical (unpaired) electrons. The molecule has 24 heavy (non-hydrogen) atoms. The Morgan fingerprint density at radius 2 is 2.00 bits per heavy atom. The molecule has 116 valence electrons. The largest absolute Gasteiger partial charge is 0.383 e. The Hall–Kier alpha value is -3.49. The number of carbonyl (C=O) groups is 1. The van der Waals surface area contributed by atoms with E-state index in [4.69, 9.17) is 11.5 Å². The fourth-order valence-electron chi connectivity index (χ4n) is 2.30. The summed E-state index contributed by atoms with van der Waals surface area (Å²) < 4.78 is 0.924. The predicted molar refractivity (Wildman–Crippen MR) is 89.0 cm³/mol. The summed E-state index contributed by atoms with van der Waals surface area (Å²) in [5.41, 5.74) is 11.9. The number of hydrogen-bond acceptors (Lipinski definition) is 7. The normalized spacial score (nSPS) is 11.6. The topological polar surface area (TPSA) is 142 Å². The highest BCUT2D eigenvalue weighted by molar-refractivity contribution is 7.18. The van der Waals surface area contributed by atoms with E-state index < -0.39 is 11.8 Å². The molecule has 0 aliphatic carbocycles. The number of nitrogens with zero attached hydrogens (tertiary/aromatic N) is 4. The number of nitrogens with two attached hydrogens (primary N) is 2. The second kappa shape index (κ2) is 5.95. The van der Waals surface area contributed by atoms with Crippen LogP contribution in [0.5, 0.6) is 0 Å². The van der Waals surface area contributed by atoms with Crippen molar-refractivity contribution < 1.29 is 4.79 Å². The molecule has 0 aliphatic rings. The lowest BCUT2D eigenvalue weighted by molar-refractivity contribution is 0.100. The van der Waals surface area contributed by atoms with E-state index in [1.807, 2.05) is 30.3 Å². The van der Waals surface area contributed by atoms with Gasteiger partial charge in [0.25, 0.3) is 5.91 Å². The molecule has 1 aromatic carbocycles. The minimum absolute atomic E-state index is 0.0451. The average Bonchev–Trinajstić information content (AvgIpc) is 2.99. The van der Waals surface area contributed by atoms with Crippen molar-refractivity contribution >= 4 is 33.3 Å². The van der Waals surface area contributed by atoms with Crippen molar-refractivity contribution in [3.05, 3.63) is 52.2 Å². The Kier molecular flexibility index (Phi) is 3.82. The van der Waals surface area contributed by atoms with Crippen molar-refractivity contribution in [2.45, 2.75) is 5.92 Å². The van der Waals surface area contributed by atoms with E-state index in [0.29, 0.717) is 5.01 Å². The number of hydrogen-bond donors (Lipinski definition) is 2. The van der Waals surface area contributed by atoms with Crippen LogP contribution in [0, 0.1) is 22.7 Å². The number of pyridine rings is 1. The van der Waals surface area contributed by atoms with Gasteiger partial charge < -0.3 is 11.5 Å². The van der Waals surface area contributed by atoms with Gasteiger partial charge in [-0.3, -0.25) is 4.79 Å². The first kappa shape index (κ1) is 15.4. The molecule has 4 N–H and O–H groups in total. The second-order valence-corrected chi connectivity index (χ2v) is 5.97. The van der Waals surface area contributed by atoms with Crippen LogP contribution in [0.25, 0.3) is 10.2 Å². The smallest absolute Gasteiger partial charge is 0.252 e. The monoisotopic (exact) mass is 334 g/mol. The van der Waals surface area contributed by atoms with Gasteiger partial charge in [0.2, 0.25) is 0 Å². The number of fused-ring (bicyclic) bond motifs is 1. The molecule has 8 heteroatoms. The number of aromatic nitrogens is 2. The summed E-state index contributed by atoms with van der Waals surface area (Å²) in [7, 11) is 0. The molecule has 3 rings (SSSR count). The lowest BCUT2D eigenvalue weighted by atomic mass is 10.0. The lowest BCUT2D eigenvalue weighted by Gasteiger charge is -2.10. The Labute approximate surface area is 140 Å². The summed E-state index contributed by atoms with van der Waals surface area (Å²) in [5.74, 6) is -1.75. The first-order valence-corrected chi connectivity index (χ1v) is 7.62. The molecular weight excluding hydrogens is 324 g/mol. The molecular formula is C16H10N6OS. The minimum Gasteiger partial charge on any atom is -0.383 e. The predicted octanol–water partition coefficient (Wildman–Crippen LogP) is 1.90. The zero-order chi connectivity index (χ0) is 17.3. The number of nitrogen functional groups attached to an aromatic ring is 1. The number of amides is 1. The van der Waals surface area contributed by atoms with Gasteiger partial charge in [0.1, 0.15) is 22.8 Å². The molecule has 0 saturated heterocycles. The molecule has 2 heterocycles. The second-order valence-electron chi connectivity index (χ2n) is 4.91. The van der Waals surface area contributed by atoms with E-state index in [0.717, 1.165) is 10.2 Å². The maximum atomic E-state index is 11.3. The number of nitriles is 2. The van der Waals surface area contributed by atoms with E-state index in [-0.39, 0.29) is 22.6 Å². The molecule has 2 aromatic heterocycles. The number of carbonyl (C=O) groups excluding carboxylic acids is 1.